The number of para-hydroxylation sites is 1. The van der Waals surface area contributed by atoms with E-state index in [1.807, 2.05) is 41.1 Å². The molecule has 0 amide bonds. The van der Waals surface area contributed by atoms with E-state index in [0.29, 0.717) is 23.6 Å². The van der Waals surface area contributed by atoms with Crippen LogP contribution in [0.2, 0.25) is 0 Å². The van der Waals surface area contributed by atoms with Crippen LogP contribution in [-0.4, -0.2) is 25.9 Å². The highest BCUT2D eigenvalue weighted by Crippen LogP contribution is 2.24. The molecule has 0 atom stereocenters. The van der Waals surface area contributed by atoms with E-state index in [-0.39, 0.29) is 12.3 Å². The van der Waals surface area contributed by atoms with Crippen LogP contribution in [0.3, 0.4) is 0 Å². The minimum Gasteiger partial charge on any atom is -0.457 e. The molecule has 0 bridgehead atoms. The van der Waals surface area contributed by atoms with E-state index in [9.17, 15) is 14.9 Å². The zero-order valence-electron chi connectivity index (χ0n) is 19.0. The monoisotopic (exact) mass is 480 g/mol. The molecule has 0 saturated carbocycles. The minimum atomic E-state index is -0.463. The summed E-state index contributed by atoms with van der Waals surface area (Å²) in [6, 6.07) is 27.9. The third-order valence-corrected chi connectivity index (χ3v) is 5.52. The summed E-state index contributed by atoms with van der Waals surface area (Å²) >= 11 is 0. The standard InChI is InChI=1S/C27H20N4O5/c32-27(21-9-5-19(6-10-21)17-30-26-4-2-1-3-25(26)28-29-30)35-18-20-7-13-23(14-8-20)36-24-15-11-22(12-16-24)31(33)34/h1-16H,17-18H2. The van der Waals surface area contributed by atoms with Crippen LogP contribution < -0.4 is 4.74 Å². The molecule has 0 saturated heterocycles. The van der Waals surface area contributed by atoms with Crippen LogP contribution in [0.5, 0.6) is 11.5 Å². The second kappa shape index (κ2) is 10.1. The highest BCUT2D eigenvalue weighted by atomic mass is 16.6. The average Bonchev–Trinajstić information content (AvgIpc) is 3.31. The molecule has 5 rings (SSSR count). The number of hydrogen-bond acceptors (Lipinski definition) is 7. The molecule has 0 fully saturated rings. The van der Waals surface area contributed by atoms with Gasteiger partial charge in [0, 0.05) is 12.1 Å². The smallest absolute Gasteiger partial charge is 0.338 e. The molecule has 0 aliphatic heterocycles. The fourth-order valence-corrected chi connectivity index (χ4v) is 3.61. The number of ether oxygens (including phenoxy) is 2. The van der Waals surface area contributed by atoms with Gasteiger partial charge in [-0.1, -0.05) is 41.6 Å². The fraction of sp³-hybridized carbons (Fsp3) is 0.0741. The minimum absolute atomic E-state index is 0.00187. The number of fused-ring (bicyclic) bond motifs is 1. The van der Waals surface area contributed by atoms with Gasteiger partial charge in [0.05, 0.1) is 22.5 Å². The molecule has 1 heterocycles. The third kappa shape index (κ3) is 5.20. The second-order valence-electron chi connectivity index (χ2n) is 8.01. The zero-order valence-corrected chi connectivity index (χ0v) is 19.0. The van der Waals surface area contributed by atoms with Crippen molar-refractivity contribution in [3.05, 3.63) is 124 Å². The summed E-state index contributed by atoms with van der Waals surface area (Å²) in [5.41, 5.74) is 4.03. The molecule has 0 aliphatic carbocycles. The van der Waals surface area contributed by atoms with Crippen LogP contribution in [0, 0.1) is 10.1 Å². The maximum Gasteiger partial charge on any atom is 0.338 e. The average molecular weight is 480 g/mol. The second-order valence-corrected chi connectivity index (χ2v) is 8.01. The fourth-order valence-electron chi connectivity index (χ4n) is 3.61. The van der Waals surface area contributed by atoms with Gasteiger partial charge < -0.3 is 9.47 Å². The number of esters is 1. The molecule has 0 radical (unpaired) electrons. The Bertz CT molecular complexity index is 1510. The van der Waals surface area contributed by atoms with Gasteiger partial charge in [-0.25, -0.2) is 9.48 Å². The SMILES string of the molecule is O=C(OCc1ccc(Oc2ccc([N+](=O)[O-])cc2)cc1)c1ccc(Cn2nnc3ccccc32)cc1. The lowest BCUT2D eigenvalue weighted by molar-refractivity contribution is -0.384. The molecule has 9 nitrogen and oxygen atoms in total. The topological polar surface area (TPSA) is 109 Å². The Balaban J connectivity index is 1.14. The number of benzene rings is 4. The van der Waals surface area contributed by atoms with Gasteiger partial charge in [-0.05, 0) is 59.7 Å². The van der Waals surface area contributed by atoms with Gasteiger partial charge in [0.15, 0.2) is 0 Å². The van der Waals surface area contributed by atoms with E-state index in [1.165, 1.54) is 24.3 Å². The van der Waals surface area contributed by atoms with E-state index in [4.69, 9.17) is 9.47 Å². The summed E-state index contributed by atoms with van der Waals surface area (Å²) in [6.45, 7) is 0.660. The van der Waals surface area contributed by atoms with Gasteiger partial charge in [0.1, 0.15) is 23.6 Å². The van der Waals surface area contributed by atoms with Gasteiger partial charge in [-0.2, -0.15) is 0 Å². The number of rotatable bonds is 8. The summed E-state index contributed by atoms with van der Waals surface area (Å²) in [4.78, 5) is 22.8. The maximum absolute atomic E-state index is 12.5. The van der Waals surface area contributed by atoms with Gasteiger partial charge in [0.2, 0.25) is 0 Å². The largest absolute Gasteiger partial charge is 0.457 e. The number of aromatic nitrogens is 3. The molecule has 0 unspecified atom stereocenters. The lowest BCUT2D eigenvalue weighted by Gasteiger charge is -2.08. The first kappa shape index (κ1) is 22.7. The molecule has 36 heavy (non-hydrogen) atoms. The van der Waals surface area contributed by atoms with Crippen molar-refractivity contribution in [1.29, 1.82) is 0 Å². The summed E-state index contributed by atoms with van der Waals surface area (Å²) in [7, 11) is 0. The van der Waals surface area contributed by atoms with Crippen LogP contribution in [0.1, 0.15) is 21.5 Å². The predicted molar refractivity (Wildman–Crippen MR) is 132 cm³/mol. The molecule has 1 aromatic heterocycles. The number of non-ortho nitro benzene ring substituents is 1. The summed E-state index contributed by atoms with van der Waals surface area (Å²) < 4.78 is 13.0. The van der Waals surface area contributed by atoms with Crippen molar-refractivity contribution in [2.45, 2.75) is 13.2 Å². The first-order chi connectivity index (χ1) is 17.5. The zero-order chi connectivity index (χ0) is 24.9. The number of carbonyl (C=O) groups is 1. The normalized spacial score (nSPS) is 10.8. The molecule has 4 aromatic carbocycles. The van der Waals surface area contributed by atoms with Crippen molar-refractivity contribution in [1.82, 2.24) is 15.0 Å². The van der Waals surface area contributed by atoms with E-state index in [1.54, 1.807) is 36.4 Å². The highest BCUT2D eigenvalue weighted by Gasteiger charge is 2.10. The van der Waals surface area contributed by atoms with Crippen molar-refractivity contribution in [3.63, 3.8) is 0 Å². The van der Waals surface area contributed by atoms with Crippen LogP contribution in [0.25, 0.3) is 11.0 Å². The van der Waals surface area contributed by atoms with E-state index >= 15 is 0 Å². The Morgan fingerprint density at radius 3 is 2.17 bits per heavy atom. The van der Waals surface area contributed by atoms with Gasteiger partial charge in [-0.15, -0.1) is 5.10 Å². The first-order valence-corrected chi connectivity index (χ1v) is 11.1. The van der Waals surface area contributed by atoms with Crippen molar-refractivity contribution in [2.75, 3.05) is 0 Å². The predicted octanol–water partition coefficient (Wildman–Crippen LogP) is 5.54. The van der Waals surface area contributed by atoms with E-state index in [2.05, 4.69) is 10.3 Å². The Kier molecular flexibility index (Phi) is 6.35. The van der Waals surface area contributed by atoms with Crippen molar-refractivity contribution < 1.29 is 19.2 Å². The van der Waals surface area contributed by atoms with Crippen molar-refractivity contribution in [2.24, 2.45) is 0 Å². The molecule has 0 spiro atoms. The van der Waals surface area contributed by atoms with E-state index in [0.717, 1.165) is 22.2 Å². The number of carbonyl (C=O) groups excluding carboxylic acids is 1. The van der Waals surface area contributed by atoms with Gasteiger partial charge in [-0.3, -0.25) is 10.1 Å². The Morgan fingerprint density at radius 1 is 0.833 bits per heavy atom. The van der Waals surface area contributed by atoms with Gasteiger partial charge >= 0.3 is 5.97 Å². The van der Waals surface area contributed by atoms with Crippen LogP contribution >= 0.6 is 0 Å². The quantitative estimate of drug-likeness (QED) is 0.163. The molecular formula is C27H20N4O5. The molecule has 5 aromatic rings. The Labute approximate surface area is 205 Å². The number of nitrogens with zero attached hydrogens (tertiary/aromatic N) is 4. The highest BCUT2D eigenvalue weighted by molar-refractivity contribution is 5.89. The number of nitro groups is 1. The molecule has 9 heteroatoms. The molecular weight excluding hydrogens is 460 g/mol. The number of nitro benzene ring substituents is 1. The lowest BCUT2D eigenvalue weighted by atomic mass is 10.1. The molecule has 0 aliphatic rings. The number of hydrogen-bond donors (Lipinski definition) is 0. The lowest BCUT2D eigenvalue weighted by Crippen LogP contribution is -2.06. The van der Waals surface area contributed by atoms with Crippen LogP contribution in [-0.2, 0) is 17.9 Å². The molecule has 178 valence electrons. The Hall–Kier alpha value is -5.05. The van der Waals surface area contributed by atoms with E-state index < -0.39 is 10.9 Å². The maximum atomic E-state index is 12.5. The summed E-state index contributed by atoms with van der Waals surface area (Å²) in [5, 5.41) is 19.1. The van der Waals surface area contributed by atoms with Crippen LogP contribution in [0.15, 0.2) is 97.1 Å². The summed E-state index contributed by atoms with van der Waals surface area (Å²) in [5.74, 6) is 0.633. The first-order valence-electron chi connectivity index (χ1n) is 11.1. The van der Waals surface area contributed by atoms with Crippen molar-refractivity contribution in [3.8, 4) is 11.5 Å². The molecule has 0 N–H and O–H groups in total. The van der Waals surface area contributed by atoms with Gasteiger partial charge in [0.25, 0.3) is 5.69 Å². The van der Waals surface area contributed by atoms with Crippen molar-refractivity contribution >= 4 is 22.7 Å². The Morgan fingerprint density at radius 2 is 1.47 bits per heavy atom. The summed E-state index contributed by atoms with van der Waals surface area (Å²) in [6.07, 6.45) is 0. The van der Waals surface area contributed by atoms with Crippen LogP contribution in [0.4, 0.5) is 5.69 Å². The third-order valence-electron chi connectivity index (χ3n) is 5.52.